The number of amides is 1. The van der Waals surface area contributed by atoms with Crippen LogP contribution in [0.25, 0.3) is 0 Å². The molecule has 1 aromatic rings. The number of nitrogens with zero attached hydrogens (tertiary/aromatic N) is 1. The normalized spacial score (nSPS) is 13.7. The molecule has 0 aliphatic heterocycles. The number of nitrogens with one attached hydrogen (secondary N) is 1. The minimum Gasteiger partial charge on any atom is -0.348 e. The van der Waals surface area contributed by atoms with Crippen molar-refractivity contribution in [3.05, 3.63) is 35.9 Å². The third-order valence-electron chi connectivity index (χ3n) is 2.25. The van der Waals surface area contributed by atoms with E-state index in [0.717, 1.165) is 5.56 Å². The Morgan fingerprint density at radius 3 is 2.47 bits per heavy atom. The maximum absolute atomic E-state index is 11.4. The molecule has 2 atom stereocenters. The second-order valence-corrected chi connectivity index (χ2v) is 3.49. The predicted molar refractivity (Wildman–Crippen MR) is 57.8 cm³/mol. The van der Waals surface area contributed by atoms with Gasteiger partial charge >= 0.3 is 0 Å². The Labute approximate surface area is 89.7 Å². The van der Waals surface area contributed by atoms with Crippen LogP contribution < -0.4 is 5.32 Å². The third-order valence-corrected chi connectivity index (χ3v) is 2.25. The van der Waals surface area contributed by atoms with Crippen LogP contribution in [-0.4, -0.2) is 5.91 Å². The number of carbonyl (C=O) groups is 1. The lowest BCUT2D eigenvalue weighted by Gasteiger charge is -2.14. The molecular weight excluding hydrogens is 188 g/mol. The van der Waals surface area contributed by atoms with E-state index in [-0.39, 0.29) is 11.9 Å². The zero-order chi connectivity index (χ0) is 11.3. The Bertz CT molecular complexity index is 367. The third kappa shape index (κ3) is 3.10. The average Bonchev–Trinajstić information content (AvgIpc) is 2.29. The summed E-state index contributed by atoms with van der Waals surface area (Å²) in [6, 6.07) is 11.5. The quantitative estimate of drug-likeness (QED) is 0.815. The summed E-state index contributed by atoms with van der Waals surface area (Å²) in [5.74, 6) is -0.829. The fourth-order valence-corrected chi connectivity index (χ4v) is 1.22. The molecule has 0 aromatic heterocycles. The van der Waals surface area contributed by atoms with Gasteiger partial charge in [0.2, 0.25) is 5.91 Å². The van der Waals surface area contributed by atoms with Gasteiger partial charge in [-0.1, -0.05) is 30.3 Å². The van der Waals surface area contributed by atoms with Crippen LogP contribution in [0.1, 0.15) is 25.5 Å². The molecular formula is C12H14N2O. The van der Waals surface area contributed by atoms with Crippen molar-refractivity contribution in [2.24, 2.45) is 5.92 Å². The molecule has 78 valence electrons. The van der Waals surface area contributed by atoms with Crippen LogP contribution >= 0.6 is 0 Å². The topological polar surface area (TPSA) is 52.9 Å². The van der Waals surface area contributed by atoms with Crippen molar-refractivity contribution < 1.29 is 4.79 Å². The standard InChI is InChI=1S/C12H14N2O/c1-9(8-13)12(15)14-10(2)11-6-4-3-5-7-11/h3-7,9-10H,1-2H3,(H,14,15)/t9-,10-/m1/s1. The van der Waals surface area contributed by atoms with Gasteiger partial charge in [-0.25, -0.2) is 0 Å². The van der Waals surface area contributed by atoms with Gasteiger partial charge in [-0.3, -0.25) is 4.79 Å². The van der Waals surface area contributed by atoms with E-state index < -0.39 is 5.92 Å². The van der Waals surface area contributed by atoms with Gasteiger partial charge in [-0.15, -0.1) is 0 Å². The van der Waals surface area contributed by atoms with E-state index in [4.69, 9.17) is 5.26 Å². The Hall–Kier alpha value is -1.82. The average molecular weight is 202 g/mol. The molecule has 1 N–H and O–H groups in total. The first-order chi connectivity index (χ1) is 7.15. The molecule has 1 amide bonds. The summed E-state index contributed by atoms with van der Waals surface area (Å²) in [7, 11) is 0. The van der Waals surface area contributed by atoms with Crippen LogP contribution in [0.4, 0.5) is 0 Å². The number of nitriles is 1. The van der Waals surface area contributed by atoms with Crippen molar-refractivity contribution in [3.63, 3.8) is 0 Å². The van der Waals surface area contributed by atoms with Crippen molar-refractivity contribution in [3.8, 4) is 6.07 Å². The lowest BCUT2D eigenvalue weighted by atomic mass is 10.1. The smallest absolute Gasteiger partial charge is 0.237 e. The molecule has 1 rings (SSSR count). The first-order valence-corrected chi connectivity index (χ1v) is 4.90. The van der Waals surface area contributed by atoms with Gasteiger partial charge in [-0.2, -0.15) is 5.26 Å². The number of rotatable bonds is 3. The molecule has 0 spiro atoms. The monoisotopic (exact) mass is 202 g/mol. The maximum atomic E-state index is 11.4. The minimum atomic E-state index is -0.601. The van der Waals surface area contributed by atoms with Gasteiger partial charge in [0, 0.05) is 0 Å². The largest absolute Gasteiger partial charge is 0.348 e. The minimum absolute atomic E-state index is 0.0606. The van der Waals surface area contributed by atoms with Crippen LogP contribution in [0.5, 0.6) is 0 Å². The maximum Gasteiger partial charge on any atom is 0.237 e. The zero-order valence-corrected chi connectivity index (χ0v) is 8.90. The van der Waals surface area contributed by atoms with Gasteiger partial charge in [0.15, 0.2) is 0 Å². The number of hydrogen-bond acceptors (Lipinski definition) is 2. The van der Waals surface area contributed by atoms with Gasteiger partial charge in [0.25, 0.3) is 0 Å². The van der Waals surface area contributed by atoms with Crippen molar-refractivity contribution in [2.45, 2.75) is 19.9 Å². The molecule has 3 nitrogen and oxygen atoms in total. The van der Waals surface area contributed by atoms with Crippen LogP contribution in [-0.2, 0) is 4.79 Å². The van der Waals surface area contributed by atoms with Crippen molar-refractivity contribution in [1.82, 2.24) is 5.32 Å². The molecule has 0 saturated heterocycles. The number of benzene rings is 1. The number of carbonyl (C=O) groups excluding carboxylic acids is 1. The van der Waals surface area contributed by atoms with Crippen molar-refractivity contribution in [2.75, 3.05) is 0 Å². The Balaban J connectivity index is 2.61. The number of hydrogen-bond donors (Lipinski definition) is 1. The lowest BCUT2D eigenvalue weighted by Crippen LogP contribution is -2.30. The van der Waals surface area contributed by atoms with Crippen LogP contribution in [0, 0.1) is 17.2 Å². The molecule has 0 radical (unpaired) electrons. The van der Waals surface area contributed by atoms with Gasteiger partial charge in [-0.05, 0) is 19.4 Å². The highest BCUT2D eigenvalue weighted by Crippen LogP contribution is 2.11. The summed E-state index contributed by atoms with van der Waals surface area (Å²) in [6.45, 7) is 3.49. The molecule has 0 bridgehead atoms. The van der Waals surface area contributed by atoms with E-state index in [1.54, 1.807) is 6.92 Å². The molecule has 1 aromatic carbocycles. The van der Waals surface area contributed by atoms with E-state index in [9.17, 15) is 4.79 Å². The Morgan fingerprint density at radius 1 is 1.33 bits per heavy atom. The first kappa shape index (κ1) is 11.3. The second kappa shape index (κ2) is 5.16. The van der Waals surface area contributed by atoms with Crippen molar-refractivity contribution in [1.29, 1.82) is 5.26 Å². The van der Waals surface area contributed by atoms with Crippen molar-refractivity contribution >= 4 is 5.91 Å². The van der Waals surface area contributed by atoms with Gasteiger partial charge in [0.05, 0.1) is 12.1 Å². The highest BCUT2D eigenvalue weighted by atomic mass is 16.1. The summed E-state index contributed by atoms with van der Waals surface area (Å²) in [6.07, 6.45) is 0. The lowest BCUT2D eigenvalue weighted by molar-refractivity contribution is -0.123. The van der Waals surface area contributed by atoms with Gasteiger partial charge < -0.3 is 5.32 Å². The SMILES string of the molecule is C[C@H](C#N)C(=O)N[C@H](C)c1ccccc1. The molecule has 15 heavy (non-hydrogen) atoms. The summed E-state index contributed by atoms with van der Waals surface area (Å²) in [5.41, 5.74) is 1.04. The predicted octanol–water partition coefficient (Wildman–Crippen LogP) is 2.02. The first-order valence-electron chi connectivity index (χ1n) is 4.90. The summed E-state index contributed by atoms with van der Waals surface area (Å²) in [5, 5.41) is 11.4. The van der Waals surface area contributed by atoms with E-state index >= 15 is 0 Å². The van der Waals surface area contributed by atoms with E-state index in [2.05, 4.69) is 5.32 Å². The van der Waals surface area contributed by atoms with Crippen LogP contribution in [0.2, 0.25) is 0 Å². The highest BCUT2D eigenvalue weighted by Gasteiger charge is 2.14. The second-order valence-electron chi connectivity index (χ2n) is 3.49. The zero-order valence-electron chi connectivity index (χ0n) is 8.90. The Kier molecular flexibility index (Phi) is 3.87. The summed E-state index contributed by atoms with van der Waals surface area (Å²) >= 11 is 0. The fourth-order valence-electron chi connectivity index (χ4n) is 1.22. The molecule has 0 aliphatic rings. The fraction of sp³-hybridized carbons (Fsp3) is 0.333. The molecule has 0 fully saturated rings. The molecule has 0 aliphatic carbocycles. The van der Waals surface area contributed by atoms with Crippen LogP contribution in [0.15, 0.2) is 30.3 Å². The Morgan fingerprint density at radius 2 is 1.93 bits per heavy atom. The summed E-state index contributed by atoms with van der Waals surface area (Å²) < 4.78 is 0. The molecule has 0 saturated carbocycles. The van der Waals surface area contributed by atoms with Crippen LogP contribution in [0.3, 0.4) is 0 Å². The van der Waals surface area contributed by atoms with E-state index in [1.807, 2.05) is 43.3 Å². The molecule has 3 heteroatoms. The summed E-state index contributed by atoms with van der Waals surface area (Å²) in [4.78, 5) is 11.4. The molecule has 0 unspecified atom stereocenters. The molecule has 0 heterocycles. The van der Waals surface area contributed by atoms with Gasteiger partial charge in [0.1, 0.15) is 5.92 Å². The highest BCUT2D eigenvalue weighted by molar-refractivity contribution is 5.80. The van der Waals surface area contributed by atoms with E-state index in [1.165, 1.54) is 0 Å². The van der Waals surface area contributed by atoms with E-state index in [0.29, 0.717) is 0 Å².